The molecule has 0 unspecified atom stereocenters. The molecule has 0 aliphatic carbocycles. The predicted molar refractivity (Wildman–Crippen MR) is 85.8 cm³/mol. The third-order valence-corrected chi connectivity index (χ3v) is 3.08. The van der Waals surface area contributed by atoms with E-state index in [0.717, 1.165) is 11.1 Å². The first kappa shape index (κ1) is 16.5. The van der Waals surface area contributed by atoms with Crippen LogP contribution in [0.25, 0.3) is 0 Å². The fourth-order valence-electron chi connectivity index (χ4n) is 1.95. The topological polar surface area (TPSA) is 86.3 Å². The summed E-state index contributed by atoms with van der Waals surface area (Å²) in [5.41, 5.74) is 1.98. The fourth-order valence-corrected chi connectivity index (χ4v) is 1.95. The molecule has 0 bridgehead atoms. The molecule has 0 fully saturated rings. The molecule has 0 atom stereocenters. The number of hydrogen-bond donors (Lipinski definition) is 1. The first-order valence-corrected chi connectivity index (χ1v) is 7.26. The van der Waals surface area contributed by atoms with Gasteiger partial charge in [-0.3, -0.25) is 0 Å². The molecular formula is C17H19N3O3. The monoisotopic (exact) mass is 313 g/mol. The number of carbonyl (C=O) groups excluding carboxylic acids is 1. The van der Waals surface area contributed by atoms with Gasteiger partial charge in [0.15, 0.2) is 6.61 Å². The van der Waals surface area contributed by atoms with Crippen molar-refractivity contribution in [2.45, 2.75) is 13.0 Å². The Bertz CT molecular complexity index is 645. The zero-order valence-electron chi connectivity index (χ0n) is 12.7. The van der Waals surface area contributed by atoms with E-state index in [0.29, 0.717) is 18.7 Å². The molecule has 0 aromatic heterocycles. The van der Waals surface area contributed by atoms with Crippen LogP contribution in [0.3, 0.4) is 0 Å². The summed E-state index contributed by atoms with van der Waals surface area (Å²) in [6.07, 6.45) is 0.705. The Morgan fingerprint density at radius 2 is 1.83 bits per heavy atom. The number of ether oxygens (including phenoxy) is 2. The maximum Gasteiger partial charge on any atom is 0.344 e. The summed E-state index contributed by atoms with van der Waals surface area (Å²) in [5.74, 6) is 5.16. The summed E-state index contributed by atoms with van der Waals surface area (Å²) in [4.78, 5) is 11.7. The highest BCUT2D eigenvalue weighted by molar-refractivity contribution is 5.71. The third-order valence-electron chi connectivity index (χ3n) is 3.08. The van der Waals surface area contributed by atoms with Crippen molar-refractivity contribution in [3.63, 3.8) is 0 Å². The minimum atomic E-state index is -0.406. The third kappa shape index (κ3) is 6.17. The maximum atomic E-state index is 11.7. The van der Waals surface area contributed by atoms with Crippen molar-refractivity contribution in [2.75, 3.05) is 13.2 Å². The molecule has 0 aliphatic rings. The van der Waals surface area contributed by atoms with Gasteiger partial charge in [-0.2, -0.15) is 5.11 Å². The van der Waals surface area contributed by atoms with Crippen molar-refractivity contribution in [1.29, 1.82) is 0 Å². The summed E-state index contributed by atoms with van der Waals surface area (Å²) in [6.45, 7) is 0.630. The highest BCUT2D eigenvalue weighted by atomic mass is 16.6. The summed E-state index contributed by atoms with van der Waals surface area (Å²) in [7, 11) is 0. The number of esters is 1. The van der Waals surface area contributed by atoms with Crippen molar-refractivity contribution in [1.82, 2.24) is 0 Å². The number of nitrogens with two attached hydrogens (primary N) is 1. The molecule has 0 aliphatic heterocycles. The Balaban J connectivity index is 1.76. The molecule has 0 spiro atoms. The van der Waals surface area contributed by atoms with E-state index in [1.165, 1.54) is 0 Å². The van der Waals surface area contributed by atoms with Crippen LogP contribution in [0.5, 0.6) is 5.75 Å². The van der Waals surface area contributed by atoms with Crippen LogP contribution in [0.4, 0.5) is 0 Å². The summed E-state index contributed by atoms with van der Waals surface area (Å²) in [5, 5.41) is 6.92. The molecule has 0 radical (unpaired) electrons. The molecule has 0 saturated heterocycles. The molecule has 0 amide bonds. The van der Waals surface area contributed by atoms with E-state index in [2.05, 4.69) is 10.3 Å². The van der Waals surface area contributed by atoms with Crippen LogP contribution in [0, 0.1) is 0 Å². The van der Waals surface area contributed by atoms with E-state index >= 15 is 0 Å². The van der Waals surface area contributed by atoms with E-state index in [-0.39, 0.29) is 13.2 Å². The van der Waals surface area contributed by atoms with E-state index in [9.17, 15) is 4.79 Å². The first-order chi connectivity index (χ1) is 11.3. The smallest absolute Gasteiger partial charge is 0.344 e. The minimum Gasteiger partial charge on any atom is -0.482 e. The number of carbonyl (C=O) groups is 1. The van der Waals surface area contributed by atoms with Crippen LogP contribution < -0.4 is 10.6 Å². The Hall–Kier alpha value is -2.89. The van der Waals surface area contributed by atoms with Gasteiger partial charge in [-0.1, -0.05) is 47.7 Å². The van der Waals surface area contributed by atoms with Gasteiger partial charge < -0.3 is 15.3 Å². The normalized spacial score (nSPS) is 10.6. The van der Waals surface area contributed by atoms with Crippen molar-refractivity contribution < 1.29 is 14.3 Å². The second-order valence-corrected chi connectivity index (χ2v) is 4.81. The van der Waals surface area contributed by atoms with Crippen molar-refractivity contribution in [2.24, 2.45) is 16.2 Å². The van der Waals surface area contributed by atoms with Crippen molar-refractivity contribution in [3.05, 3.63) is 65.7 Å². The summed E-state index contributed by atoms with van der Waals surface area (Å²) >= 11 is 0. The van der Waals surface area contributed by atoms with Gasteiger partial charge in [-0.05, 0) is 29.7 Å². The van der Waals surface area contributed by atoms with Crippen LogP contribution in [0.1, 0.15) is 11.1 Å². The Labute approximate surface area is 134 Å². The van der Waals surface area contributed by atoms with E-state index in [4.69, 9.17) is 15.3 Å². The highest BCUT2D eigenvalue weighted by Gasteiger charge is 2.05. The summed E-state index contributed by atoms with van der Waals surface area (Å²) in [6, 6.07) is 17.0. The fraction of sp³-hybridized carbons (Fsp3) is 0.235. The van der Waals surface area contributed by atoms with Gasteiger partial charge in [0.05, 0.1) is 6.54 Å². The summed E-state index contributed by atoms with van der Waals surface area (Å²) < 4.78 is 10.6. The Morgan fingerprint density at radius 3 is 2.61 bits per heavy atom. The lowest BCUT2D eigenvalue weighted by Gasteiger charge is -2.08. The number of nitrogens with zero attached hydrogens (tertiary/aromatic N) is 2. The van der Waals surface area contributed by atoms with Crippen LogP contribution >= 0.6 is 0 Å². The minimum absolute atomic E-state index is 0.126. The molecule has 6 nitrogen and oxygen atoms in total. The molecule has 120 valence electrons. The van der Waals surface area contributed by atoms with Gasteiger partial charge in [0, 0.05) is 0 Å². The highest BCUT2D eigenvalue weighted by Crippen LogP contribution is 2.14. The largest absolute Gasteiger partial charge is 0.482 e. The second kappa shape index (κ2) is 9.19. The van der Waals surface area contributed by atoms with Crippen molar-refractivity contribution >= 4 is 5.97 Å². The van der Waals surface area contributed by atoms with Crippen molar-refractivity contribution in [3.8, 4) is 5.75 Å². The molecule has 2 aromatic rings. The predicted octanol–water partition coefficient (Wildman–Crippen LogP) is 2.68. The van der Waals surface area contributed by atoms with Crippen LogP contribution in [-0.4, -0.2) is 19.1 Å². The van der Waals surface area contributed by atoms with E-state index in [1.54, 1.807) is 6.07 Å². The molecule has 0 heterocycles. The van der Waals surface area contributed by atoms with Gasteiger partial charge >= 0.3 is 5.97 Å². The van der Waals surface area contributed by atoms with Gasteiger partial charge in [-0.25, -0.2) is 4.79 Å². The SMILES string of the molecule is NN=NCCc1cccc(OCC(=O)OCc2ccccc2)c1. The molecular weight excluding hydrogens is 294 g/mol. The Morgan fingerprint density at radius 1 is 1.04 bits per heavy atom. The lowest BCUT2D eigenvalue weighted by atomic mass is 10.1. The lowest BCUT2D eigenvalue weighted by Crippen LogP contribution is -2.14. The van der Waals surface area contributed by atoms with Crippen LogP contribution in [0.15, 0.2) is 64.9 Å². The van der Waals surface area contributed by atoms with Gasteiger partial charge in [0.1, 0.15) is 12.4 Å². The molecule has 2 aromatic carbocycles. The molecule has 6 heteroatoms. The van der Waals surface area contributed by atoms with Gasteiger partial charge in [-0.15, -0.1) is 0 Å². The van der Waals surface area contributed by atoms with Gasteiger partial charge in [0.2, 0.25) is 0 Å². The zero-order chi connectivity index (χ0) is 16.3. The zero-order valence-corrected chi connectivity index (χ0v) is 12.7. The molecule has 0 saturated carbocycles. The standard InChI is InChI=1S/C17H19N3O3/c18-20-19-10-9-14-7-4-8-16(11-14)22-13-17(21)23-12-15-5-2-1-3-6-15/h1-8,11H,9-10,12-13H2,(H2,18,19). The lowest BCUT2D eigenvalue weighted by molar-refractivity contribution is -0.147. The average Bonchev–Trinajstić information content (AvgIpc) is 2.60. The van der Waals surface area contributed by atoms with Crippen LogP contribution in [0.2, 0.25) is 0 Å². The first-order valence-electron chi connectivity index (χ1n) is 7.26. The van der Waals surface area contributed by atoms with E-state index in [1.807, 2.05) is 48.5 Å². The number of rotatable bonds is 8. The Kier molecular flexibility index (Phi) is 6.59. The molecule has 2 rings (SSSR count). The quantitative estimate of drug-likeness (QED) is 0.351. The molecule has 2 N–H and O–H groups in total. The van der Waals surface area contributed by atoms with Gasteiger partial charge in [0.25, 0.3) is 0 Å². The maximum absolute atomic E-state index is 11.7. The number of hydrogen-bond acceptors (Lipinski definition) is 5. The second-order valence-electron chi connectivity index (χ2n) is 4.81. The average molecular weight is 313 g/mol. The number of benzene rings is 2. The van der Waals surface area contributed by atoms with E-state index < -0.39 is 5.97 Å². The van der Waals surface area contributed by atoms with Crippen LogP contribution in [-0.2, 0) is 22.6 Å². The molecule has 23 heavy (non-hydrogen) atoms.